The first-order valence-electron chi connectivity index (χ1n) is 10.8. The summed E-state index contributed by atoms with van der Waals surface area (Å²) in [6.45, 7) is 0.310. The number of nitro benzene ring substituents is 1. The zero-order chi connectivity index (χ0) is 26.1. The van der Waals surface area contributed by atoms with E-state index in [2.05, 4.69) is 16.0 Å². The number of rotatable bonds is 11. The molecule has 0 aliphatic heterocycles. The Morgan fingerprint density at radius 2 is 1.58 bits per heavy atom. The first-order valence-corrected chi connectivity index (χ1v) is 10.8. The molecule has 0 aromatic heterocycles. The summed E-state index contributed by atoms with van der Waals surface area (Å²) in [5, 5.41) is 19.6. The Labute approximate surface area is 207 Å². The van der Waals surface area contributed by atoms with Crippen LogP contribution < -0.4 is 30.2 Å². The van der Waals surface area contributed by atoms with Gasteiger partial charge in [0.05, 0.1) is 49.7 Å². The van der Waals surface area contributed by atoms with Gasteiger partial charge in [-0.3, -0.25) is 19.7 Å². The largest absolute Gasteiger partial charge is 0.497 e. The molecule has 188 valence electrons. The molecule has 36 heavy (non-hydrogen) atoms. The molecule has 0 aliphatic carbocycles. The number of nitrogens with zero attached hydrogens (tertiary/aromatic N) is 1. The van der Waals surface area contributed by atoms with Crippen LogP contribution in [0, 0.1) is 10.1 Å². The molecule has 3 rings (SSSR count). The molecule has 3 N–H and O–H groups in total. The summed E-state index contributed by atoms with van der Waals surface area (Å²) in [7, 11) is 4.49. The van der Waals surface area contributed by atoms with E-state index < -0.39 is 16.7 Å². The number of methoxy groups -OCH3 is 3. The van der Waals surface area contributed by atoms with E-state index in [4.69, 9.17) is 14.2 Å². The van der Waals surface area contributed by atoms with Gasteiger partial charge >= 0.3 is 0 Å². The highest BCUT2D eigenvalue weighted by molar-refractivity contribution is 6.11. The van der Waals surface area contributed by atoms with Gasteiger partial charge in [0.15, 0.2) is 0 Å². The Morgan fingerprint density at radius 1 is 0.861 bits per heavy atom. The van der Waals surface area contributed by atoms with Crippen LogP contribution in [-0.4, -0.2) is 44.6 Å². The summed E-state index contributed by atoms with van der Waals surface area (Å²) in [5.74, 6) is 0.441. The van der Waals surface area contributed by atoms with Crippen molar-refractivity contribution in [1.82, 2.24) is 5.32 Å². The summed E-state index contributed by atoms with van der Waals surface area (Å²) in [6, 6.07) is 15.8. The van der Waals surface area contributed by atoms with E-state index >= 15 is 0 Å². The zero-order valence-electron chi connectivity index (χ0n) is 20.0. The molecule has 0 atom stereocenters. The molecule has 0 unspecified atom stereocenters. The topological polar surface area (TPSA) is 141 Å². The monoisotopic (exact) mass is 494 g/mol. The van der Waals surface area contributed by atoms with Crippen molar-refractivity contribution in [2.75, 3.05) is 38.5 Å². The number of carbonyl (C=O) groups is 2. The van der Waals surface area contributed by atoms with Crippen molar-refractivity contribution >= 4 is 28.9 Å². The predicted octanol–water partition coefficient (Wildman–Crippen LogP) is 3.60. The smallest absolute Gasteiger partial charge is 0.270 e. The minimum atomic E-state index is -0.667. The number of hydrogen-bond donors (Lipinski definition) is 3. The summed E-state index contributed by atoms with van der Waals surface area (Å²) < 4.78 is 15.7. The maximum Gasteiger partial charge on any atom is 0.270 e. The van der Waals surface area contributed by atoms with Gasteiger partial charge in [-0.05, 0) is 24.3 Å². The minimum Gasteiger partial charge on any atom is -0.497 e. The van der Waals surface area contributed by atoms with Crippen molar-refractivity contribution in [1.29, 1.82) is 0 Å². The molecule has 2 amide bonds. The Kier molecular flexibility index (Phi) is 8.79. The summed E-state index contributed by atoms with van der Waals surface area (Å²) in [4.78, 5) is 36.3. The van der Waals surface area contributed by atoms with Crippen LogP contribution in [0.4, 0.5) is 17.1 Å². The molecule has 0 bridgehead atoms. The van der Waals surface area contributed by atoms with E-state index in [0.29, 0.717) is 29.5 Å². The third kappa shape index (κ3) is 6.48. The van der Waals surface area contributed by atoms with Crippen LogP contribution in [0.2, 0.25) is 0 Å². The number of benzene rings is 3. The molecule has 0 saturated carbocycles. The van der Waals surface area contributed by atoms with Gasteiger partial charge in [-0.1, -0.05) is 18.2 Å². The van der Waals surface area contributed by atoms with Crippen molar-refractivity contribution in [3.8, 4) is 17.2 Å². The van der Waals surface area contributed by atoms with Crippen molar-refractivity contribution < 1.29 is 28.7 Å². The molecule has 0 heterocycles. The van der Waals surface area contributed by atoms with Gasteiger partial charge in [-0.2, -0.15) is 0 Å². The SMILES string of the molecule is COc1ccc(NC(=O)c2cc([N+](=O)[O-])ccc2NC(=O)CNCc2ccccc2OC)c(OC)c1. The molecule has 11 nitrogen and oxygen atoms in total. The Bertz CT molecular complexity index is 1260. The maximum absolute atomic E-state index is 13.1. The molecule has 11 heteroatoms. The first kappa shape index (κ1) is 26.0. The molecule has 0 saturated heterocycles. The standard InChI is InChI=1S/C25H26N4O7/c1-34-18-9-11-21(23(13-18)36-3)28-25(31)19-12-17(29(32)33)8-10-20(19)27-24(30)15-26-14-16-6-4-5-7-22(16)35-2/h4-13,26H,14-15H2,1-3H3,(H,27,30)(H,28,31). The number of para-hydroxylation sites is 1. The van der Waals surface area contributed by atoms with Crippen LogP contribution in [0.3, 0.4) is 0 Å². The average molecular weight is 495 g/mol. The molecule has 0 fully saturated rings. The van der Waals surface area contributed by atoms with Crippen molar-refractivity contribution in [2.24, 2.45) is 0 Å². The van der Waals surface area contributed by atoms with Crippen LogP contribution in [-0.2, 0) is 11.3 Å². The fourth-order valence-corrected chi connectivity index (χ4v) is 3.39. The lowest BCUT2D eigenvalue weighted by Crippen LogP contribution is -2.28. The van der Waals surface area contributed by atoms with Gasteiger partial charge in [-0.25, -0.2) is 0 Å². The highest BCUT2D eigenvalue weighted by Crippen LogP contribution is 2.30. The van der Waals surface area contributed by atoms with Crippen LogP contribution in [0.15, 0.2) is 60.7 Å². The zero-order valence-corrected chi connectivity index (χ0v) is 20.0. The molecule has 3 aromatic rings. The molecular formula is C25H26N4O7. The second-order valence-corrected chi connectivity index (χ2v) is 7.47. The van der Waals surface area contributed by atoms with Gasteiger partial charge in [-0.15, -0.1) is 0 Å². The lowest BCUT2D eigenvalue weighted by molar-refractivity contribution is -0.384. The number of ether oxygens (including phenoxy) is 3. The van der Waals surface area contributed by atoms with E-state index in [0.717, 1.165) is 11.6 Å². The van der Waals surface area contributed by atoms with E-state index in [1.807, 2.05) is 24.3 Å². The second-order valence-electron chi connectivity index (χ2n) is 7.47. The Hall–Kier alpha value is -4.64. The third-order valence-corrected chi connectivity index (χ3v) is 5.18. The van der Waals surface area contributed by atoms with E-state index in [9.17, 15) is 19.7 Å². The van der Waals surface area contributed by atoms with Crippen LogP contribution in [0.25, 0.3) is 0 Å². The van der Waals surface area contributed by atoms with E-state index in [1.54, 1.807) is 25.3 Å². The second kappa shape index (κ2) is 12.2. The van der Waals surface area contributed by atoms with Crippen molar-refractivity contribution in [3.05, 3.63) is 81.9 Å². The van der Waals surface area contributed by atoms with Crippen molar-refractivity contribution in [2.45, 2.75) is 6.54 Å². The number of nitro groups is 1. The molecule has 3 aromatic carbocycles. The highest BCUT2D eigenvalue weighted by Gasteiger charge is 2.20. The number of anilines is 2. The van der Waals surface area contributed by atoms with Crippen LogP contribution in [0.1, 0.15) is 15.9 Å². The van der Waals surface area contributed by atoms with Crippen LogP contribution in [0.5, 0.6) is 17.2 Å². The number of amides is 2. The fraction of sp³-hybridized carbons (Fsp3) is 0.200. The van der Waals surface area contributed by atoms with Gasteiger partial charge in [0, 0.05) is 30.3 Å². The Balaban J connectivity index is 1.75. The first-order chi connectivity index (χ1) is 17.4. The lowest BCUT2D eigenvalue weighted by atomic mass is 10.1. The minimum absolute atomic E-state index is 0.0671. The predicted molar refractivity (Wildman–Crippen MR) is 134 cm³/mol. The summed E-state index contributed by atoms with van der Waals surface area (Å²) >= 11 is 0. The highest BCUT2D eigenvalue weighted by atomic mass is 16.6. The molecule has 0 aliphatic rings. The molecule has 0 radical (unpaired) electrons. The van der Waals surface area contributed by atoms with E-state index in [-0.39, 0.29) is 23.5 Å². The van der Waals surface area contributed by atoms with Crippen molar-refractivity contribution in [3.63, 3.8) is 0 Å². The Morgan fingerprint density at radius 3 is 2.28 bits per heavy atom. The van der Waals surface area contributed by atoms with Crippen LogP contribution >= 0.6 is 0 Å². The number of carbonyl (C=O) groups excluding carboxylic acids is 2. The van der Waals surface area contributed by atoms with Gasteiger partial charge in [0.1, 0.15) is 17.2 Å². The molecule has 0 spiro atoms. The number of hydrogen-bond acceptors (Lipinski definition) is 8. The summed E-state index contributed by atoms with van der Waals surface area (Å²) in [6.07, 6.45) is 0. The maximum atomic E-state index is 13.1. The number of non-ortho nitro benzene ring substituents is 1. The average Bonchev–Trinajstić information content (AvgIpc) is 2.89. The third-order valence-electron chi connectivity index (χ3n) is 5.18. The summed E-state index contributed by atoms with van der Waals surface area (Å²) in [5.41, 5.74) is 0.936. The molecular weight excluding hydrogens is 468 g/mol. The number of nitrogens with one attached hydrogen (secondary N) is 3. The fourth-order valence-electron chi connectivity index (χ4n) is 3.39. The quantitative estimate of drug-likeness (QED) is 0.271. The normalized spacial score (nSPS) is 10.3. The van der Waals surface area contributed by atoms with Gasteiger partial charge in [0.2, 0.25) is 5.91 Å². The van der Waals surface area contributed by atoms with Gasteiger partial charge < -0.3 is 30.2 Å². The lowest BCUT2D eigenvalue weighted by Gasteiger charge is -2.14. The van der Waals surface area contributed by atoms with Gasteiger partial charge in [0.25, 0.3) is 11.6 Å². The van der Waals surface area contributed by atoms with E-state index in [1.165, 1.54) is 26.4 Å².